The highest BCUT2D eigenvalue weighted by molar-refractivity contribution is 6.04. The van der Waals surface area contributed by atoms with Crippen molar-refractivity contribution in [3.8, 4) is 0 Å². The van der Waals surface area contributed by atoms with E-state index in [4.69, 9.17) is 0 Å². The lowest BCUT2D eigenvalue weighted by molar-refractivity contribution is -0.155. The Morgan fingerprint density at radius 2 is 1.53 bits per heavy atom. The zero-order chi connectivity index (χ0) is 13.5. The Labute approximate surface area is 114 Å². The molecule has 1 amide bonds. The van der Waals surface area contributed by atoms with Crippen LogP contribution in [0.3, 0.4) is 0 Å². The Bertz CT molecular complexity index is 389. The smallest absolute Gasteiger partial charge is 0.319 e. The van der Waals surface area contributed by atoms with Crippen LogP contribution in [-0.2, 0) is 9.59 Å². The monoisotopic (exact) mass is 265 g/mol. The zero-order valence-electron chi connectivity index (χ0n) is 11.5. The van der Waals surface area contributed by atoms with Crippen LogP contribution in [0.4, 0.5) is 0 Å². The molecule has 106 valence electrons. The summed E-state index contributed by atoms with van der Waals surface area (Å²) in [6.45, 7) is 1.57. The van der Waals surface area contributed by atoms with Gasteiger partial charge in [0.05, 0.1) is 0 Å². The molecule has 1 aliphatic heterocycles. The van der Waals surface area contributed by atoms with Gasteiger partial charge in [0, 0.05) is 13.1 Å². The number of carbonyl (C=O) groups excluding carboxylic acids is 1. The predicted octanol–water partition coefficient (Wildman–Crippen LogP) is 2.42. The second kappa shape index (κ2) is 4.50. The molecule has 1 saturated heterocycles. The molecular weight excluding hydrogens is 242 g/mol. The first-order valence-electron chi connectivity index (χ1n) is 7.61. The van der Waals surface area contributed by atoms with Gasteiger partial charge in [-0.05, 0) is 43.9 Å². The SMILES string of the molecule is O=C(O)C1(C(=O)N2CCCC3(CCCCC3)C2)CC1. The van der Waals surface area contributed by atoms with Crippen LogP contribution in [0.1, 0.15) is 57.8 Å². The van der Waals surface area contributed by atoms with Crippen LogP contribution >= 0.6 is 0 Å². The van der Waals surface area contributed by atoms with Crippen LogP contribution in [-0.4, -0.2) is 35.0 Å². The van der Waals surface area contributed by atoms with E-state index in [1.54, 1.807) is 0 Å². The van der Waals surface area contributed by atoms with Gasteiger partial charge in [0.1, 0.15) is 5.41 Å². The van der Waals surface area contributed by atoms with Crippen molar-refractivity contribution in [3.05, 3.63) is 0 Å². The molecule has 1 spiro atoms. The Balaban J connectivity index is 1.71. The summed E-state index contributed by atoms with van der Waals surface area (Å²) < 4.78 is 0. The molecule has 1 heterocycles. The molecule has 0 unspecified atom stereocenters. The van der Waals surface area contributed by atoms with Gasteiger partial charge in [-0.25, -0.2) is 0 Å². The number of piperidine rings is 1. The zero-order valence-corrected chi connectivity index (χ0v) is 11.5. The van der Waals surface area contributed by atoms with E-state index in [0.717, 1.165) is 19.5 Å². The van der Waals surface area contributed by atoms with E-state index in [1.165, 1.54) is 38.5 Å². The second-order valence-corrected chi connectivity index (χ2v) is 6.78. The Morgan fingerprint density at radius 1 is 0.895 bits per heavy atom. The van der Waals surface area contributed by atoms with Gasteiger partial charge in [-0.3, -0.25) is 9.59 Å². The van der Waals surface area contributed by atoms with Crippen LogP contribution in [0.25, 0.3) is 0 Å². The van der Waals surface area contributed by atoms with Crippen LogP contribution in [0.2, 0.25) is 0 Å². The van der Waals surface area contributed by atoms with Gasteiger partial charge in [-0.2, -0.15) is 0 Å². The van der Waals surface area contributed by atoms with Gasteiger partial charge in [-0.1, -0.05) is 19.3 Å². The molecule has 0 bridgehead atoms. The van der Waals surface area contributed by atoms with Gasteiger partial charge in [-0.15, -0.1) is 0 Å². The Hall–Kier alpha value is -1.06. The summed E-state index contributed by atoms with van der Waals surface area (Å²) in [5.41, 5.74) is -0.742. The van der Waals surface area contributed by atoms with Crippen molar-refractivity contribution in [1.29, 1.82) is 0 Å². The molecule has 0 atom stereocenters. The maximum atomic E-state index is 12.5. The van der Waals surface area contributed by atoms with E-state index in [2.05, 4.69) is 0 Å². The van der Waals surface area contributed by atoms with E-state index >= 15 is 0 Å². The minimum absolute atomic E-state index is 0.107. The normalized spacial score (nSPS) is 28.1. The molecule has 2 saturated carbocycles. The first kappa shape index (κ1) is 12.9. The molecule has 3 fully saturated rings. The number of nitrogens with zero attached hydrogens (tertiary/aromatic N) is 1. The third kappa shape index (κ3) is 2.15. The van der Waals surface area contributed by atoms with Crippen molar-refractivity contribution in [2.24, 2.45) is 10.8 Å². The Kier molecular flexibility index (Phi) is 3.06. The molecule has 2 aliphatic carbocycles. The quantitative estimate of drug-likeness (QED) is 0.780. The fourth-order valence-electron chi connectivity index (χ4n) is 4.04. The van der Waals surface area contributed by atoms with Crippen molar-refractivity contribution in [2.45, 2.75) is 57.8 Å². The Morgan fingerprint density at radius 3 is 2.11 bits per heavy atom. The van der Waals surface area contributed by atoms with Crippen LogP contribution in [0, 0.1) is 10.8 Å². The first-order valence-corrected chi connectivity index (χ1v) is 7.61. The fourth-order valence-corrected chi connectivity index (χ4v) is 4.04. The van der Waals surface area contributed by atoms with Gasteiger partial charge < -0.3 is 10.0 Å². The van der Waals surface area contributed by atoms with Crippen molar-refractivity contribution in [3.63, 3.8) is 0 Å². The molecule has 0 radical (unpaired) electrons. The van der Waals surface area contributed by atoms with Crippen LogP contribution in [0.15, 0.2) is 0 Å². The maximum Gasteiger partial charge on any atom is 0.319 e. The largest absolute Gasteiger partial charge is 0.480 e. The lowest BCUT2D eigenvalue weighted by Gasteiger charge is -2.45. The number of rotatable bonds is 2. The average Bonchev–Trinajstić information content (AvgIpc) is 3.20. The molecule has 0 aromatic carbocycles. The second-order valence-electron chi connectivity index (χ2n) is 6.78. The lowest BCUT2D eigenvalue weighted by Crippen LogP contribution is -2.50. The number of likely N-dealkylation sites (tertiary alicyclic amines) is 1. The molecule has 0 aromatic heterocycles. The minimum atomic E-state index is -1.05. The summed E-state index contributed by atoms with van der Waals surface area (Å²) in [6.07, 6.45) is 9.62. The number of carbonyl (C=O) groups is 2. The number of hydrogen-bond donors (Lipinski definition) is 1. The summed E-state index contributed by atoms with van der Waals surface area (Å²) in [7, 11) is 0. The summed E-state index contributed by atoms with van der Waals surface area (Å²) >= 11 is 0. The van der Waals surface area contributed by atoms with Crippen molar-refractivity contribution in [1.82, 2.24) is 4.90 Å². The van der Waals surface area contributed by atoms with Gasteiger partial charge in [0.15, 0.2) is 0 Å². The average molecular weight is 265 g/mol. The fraction of sp³-hybridized carbons (Fsp3) is 0.867. The topological polar surface area (TPSA) is 57.6 Å². The van der Waals surface area contributed by atoms with E-state index < -0.39 is 11.4 Å². The summed E-state index contributed by atoms with van der Waals surface area (Å²) in [5.74, 6) is -1.02. The summed E-state index contributed by atoms with van der Waals surface area (Å²) in [6, 6.07) is 0. The minimum Gasteiger partial charge on any atom is -0.480 e. The van der Waals surface area contributed by atoms with Crippen LogP contribution < -0.4 is 0 Å². The molecule has 0 aromatic rings. The standard InChI is InChI=1S/C15H23NO3/c17-12(15(8-9-15)13(18)19)16-10-4-7-14(11-16)5-2-1-3-6-14/h1-11H2,(H,18,19). The number of carboxylic acid groups (broad SMARTS) is 1. The lowest BCUT2D eigenvalue weighted by atomic mass is 9.69. The molecule has 19 heavy (non-hydrogen) atoms. The molecule has 3 aliphatic rings. The molecule has 3 rings (SSSR count). The van der Waals surface area contributed by atoms with E-state index in [0.29, 0.717) is 18.3 Å². The van der Waals surface area contributed by atoms with E-state index in [-0.39, 0.29) is 5.91 Å². The molecular formula is C15H23NO3. The van der Waals surface area contributed by atoms with Gasteiger partial charge in [0.25, 0.3) is 0 Å². The highest BCUT2D eigenvalue weighted by atomic mass is 16.4. The van der Waals surface area contributed by atoms with E-state index in [9.17, 15) is 14.7 Å². The third-order valence-corrected chi connectivity index (χ3v) is 5.43. The number of aliphatic carboxylic acids is 1. The van der Waals surface area contributed by atoms with Crippen molar-refractivity contribution < 1.29 is 14.7 Å². The summed E-state index contributed by atoms with van der Waals surface area (Å²) in [5, 5.41) is 9.26. The van der Waals surface area contributed by atoms with Gasteiger partial charge in [0.2, 0.25) is 5.91 Å². The number of amides is 1. The predicted molar refractivity (Wildman–Crippen MR) is 70.6 cm³/mol. The number of carboxylic acids is 1. The molecule has 1 N–H and O–H groups in total. The highest BCUT2D eigenvalue weighted by Crippen LogP contribution is 2.50. The number of hydrogen-bond acceptors (Lipinski definition) is 2. The molecule has 4 nitrogen and oxygen atoms in total. The van der Waals surface area contributed by atoms with Gasteiger partial charge >= 0.3 is 5.97 Å². The first-order chi connectivity index (χ1) is 9.08. The van der Waals surface area contributed by atoms with E-state index in [1.807, 2.05) is 4.90 Å². The summed E-state index contributed by atoms with van der Waals surface area (Å²) in [4.78, 5) is 25.7. The maximum absolute atomic E-state index is 12.5. The van der Waals surface area contributed by atoms with Crippen LogP contribution in [0.5, 0.6) is 0 Å². The molecule has 4 heteroatoms. The highest BCUT2D eigenvalue weighted by Gasteiger charge is 2.59. The third-order valence-electron chi connectivity index (χ3n) is 5.43. The van der Waals surface area contributed by atoms with Crippen molar-refractivity contribution in [2.75, 3.05) is 13.1 Å². The van der Waals surface area contributed by atoms with Crippen molar-refractivity contribution >= 4 is 11.9 Å².